The molecular weight excluding hydrogens is 406 g/mol. The largest absolute Gasteiger partial charge is 0.503 e. The number of aliphatic hydroxyl groups excluding tert-OH is 1. The first-order chi connectivity index (χ1) is 15.2. The third-order valence-corrected chi connectivity index (χ3v) is 5.43. The zero-order valence-electron chi connectivity index (χ0n) is 19.3. The van der Waals surface area contributed by atoms with Crippen molar-refractivity contribution in [2.45, 2.75) is 46.8 Å². The Morgan fingerprint density at radius 2 is 1.78 bits per heavy atom. The Morgan fingerprint density at radius 3 is 2.38 bits per heavy atom. The summed E-state index contributed by atoms with van der Waals surface area (Å²) in [4.78, 5) is 27.5. The number of rotatable bonds is 8. The van der Waals surface area contributed by atoms with Gasteiger partial charge in [-0.05, 0) is 29.7 Å². The smallest absolute Gasteiger partial charge is 0.290 e. The van der Waals surface area contributed by atoms with E-state index >= 15 is 0 Å². The first-order valence-electron chi connectivity index (χ1n) is 10.8. The summed E-state index contributed by atoms with van der Waals surface area (Å²) in [6.45, 7) is 8.09. The van der Waals surface area contributed by atoms with E-state index in [1.54, 1.807) is 44.9 Å². The number of carbonyl (C=O) groups excluding carboxylic acids is 2. The number of benzene rings is 2. The molecule has 0 saturated carbocycles. The lowest BCUT2D eigenvalue weighted by molar-refractivity contribution is -0.129. The summed E-state index contributed by atoms with van der Waals surface area (Å²) < 4.78 is 11.5. The van der Waals surface area contributed by atoms with Crippen LogP contribution in [0, 0.1) is 5.41 Å². The van der Waals surface area contributed by atoms with Crippen LogP contribution in [0.15, 0.2) is 59.9 Å². The molecule has 1 heterocycles. The second-order valence-electron chi connectivity index (χ2n) is 8.93. The van der Waals surface area contributed by atoms with Crippen molar-refractivity contribution in [2.75, 3.05) is 13.7 Å². The van der Waals surface area contributed by atoms with Crippen LogP contribution in [0.4, 0.5) is 0 Å². The average molecular weight is 438 g/mol. The zero-order chi connectivity index (χ0) is 23.5. The number of hydrogen-bond donors (Lipinski definition) is 1. The van der Waals surface area contributed by atoms with E-state index in [9.17, 15) is 14.7 Å². The third-order valence-electron chi connectivity index (χ3n) is 5.43. The van der Waals surface area contributed by atoms with Gasteiger partial charge in [0.25, 0.3) is 5.91 Å². The predicted molar refractivity (Wildman–Crippen MR) is 123 cm³/mol. The number of nitrogens with zero attached hydrogens (tertiary/aromatic N) is 1. The van der Waals surface area contributed by atoms with Gasteiger partial charge in [-0.15, -0.1) is 0 Å². The standard InChI is InChI=1S/C26H31NO5/c1-6-14-27-22(21(23(28)25(27)30)24(29)26(2,3)4)18-12-13-19(20(15-18)31-5)32-16-17-10-8-7-9-11-17/h7-13,15,22,28H,6,14,16H2,1-5H3. The molecule has 1 amide bonds. The molecule has 2 aromatic rings. The van der Waals surface area contributed by atoms with Crippen LogP contribution < -0.4 is 9.47 Å². The highest BCUT2D eigenvalue weighted by Crippen LogP contribution is 2.43. The molecular formula is C26H31NO5. The highest BCUT2D eigenvalue weighted by Gasteiger charge is 2.45. The molecule has 2 aromatic carbocycles. The van der Waals surface area contributed by atoms with E-state index in [-0.39, 0.29) is 11.4 Å². The van der Waals surface area contributed by atoms with Crippen molar-refractivity contribution in [3.8, 4) is 11.5 Å². The van der Waals surface area contributed by atoms with Crippen molar-refractivity contribution >= 4 is 11.7 Å². The summed E-state index contributed by atoms with van der Waals surface area (Å²) in [5, 5.41) is 10.6. The monoisotopic (exact) mass is 437 g/mol. The molecule has 1 atom stereocenters. The van der Waals surface area contributed by atoms with Gasteiger partial charge in [0.15, 0.2) is 23.0 Å². The molecule has 1 N–H and O–H groups in total. The van der Waals surface area contributed by atoms with Crippen LogP contribution in [0.5, 0.6) is 11.5 Å². The fourth-order valence-electron chi connectivity index (χ4n) is 3.82. The van der Waals surface area contributed by atoms with Crippen LogP contribution in [0.2, 0.25) is 0 Å². The number of methoxy groups -OCH3 is 1. The van der Waals surface area contributed by atoms with Crippen LogP contribution >= 0.6 is 0 Å². The number of amides is 1. The van der Waals surface area contributed by atoms with Crippen molar-refractivity contribution in [3.63, 3.8) is 0 Å². The van der Waals surface area contributed by atoms with E-state index in [4.69, 9.17) is 9.47 Å². The Hall–Kier alpha value is -3.28. The van der Waals surface area contributed by atoms with Gasteiger partial charge in [0.05, 0.1) is 18.7 Å². The molecule has 0 radical (unpaired) electrons. The molecule has 0 bridgehead atoms. The van der Waals surface area contributed by atoms with E-state index < -0.39 is 23.1 Å². The van der Waals surface area contributed by atoms with Gasteiger partial charge in [0.2, 0.25) is 0 Å². The number of hydrogen-bond acceptors (Lipinski definition) is 5. The molecule has 0 spiro atoms. The zero-order valence-corrected chi connectivity index (χ0v) is 19.3. The van der Waals surface area contributed by atoms with E-state index in [1.807, 2.05) is 43.3 Å². The molecule has 1 aliphatic rings. The average Bonchev–Trinajstić information content (AvgIpc) is 3.02. The van der Waals surface area contributed by atoms with Crippen LogP contribution in [-0.2, 0) is 16.2 Å². The SMILES string of the molecule is CCCN1C(=O)C(O)=C(C(=O)C(C)(C)C)C1c1ccc(OCc2ccccc2)c(OC)c1. The van der Waals surface area contributed by atoms with Crippen LogP contribution in [0.25, 0.3) is 0 Å². The quantitative estimate of drug-likeness (QED) is 0.629. The normalized spacial score (nSPS) is 16.5. The third kappa shape index (κ3) is 4.64. The van der Waals surface area contributed by atoms with Gasteiger partial charge in [0, 0.05) is 12.0 Å². The Kier molecular flexibility index (Phi) is 6.92. The van der Waals surface area contributed by atoms with Crippen LogP contribution in [-0.4, -0.2) is 35.4 Å². The van der Waals surface area contributed by atoms with Crippen molar-refractivity contribution in [1.29, 1.82) is 0 Å². The number of carbonyl (C=O) groups is 2. The van der Waals surface area contributed by atoms with Crippen molar-refractivity contribution < 1.29 is 24.2 Å². The maximum absolute atomic E-state index is 13.2. The molecule has 0 aromatic heterocycles. The first-order valence-corrected chi connectivity index (χ1v) is 10.8. The fraction of sp³-hybridized carbons (Fsp3) is 0.385. The van der Waals surface area contributed by atoms with Gasteiger partial charge < -0.3 is 19.5 Å². The molecule has 0 saturated heterocycles. The van der Waals surface area contributed by atoms with Gasteiger partial charge >= 0.3 is 0 Å². The molecule has 0 fully saturated rings. The lowest BCUT2D eigenvalue weighted by Gasteiger charge is -2.29. The number of ether oxygens (including phenoxy) is 2. The minimum Gasteiger partial charge on any atom is -0.503 e. The summed E-state index contributed by atoms with van der Waals surface area (Å²) in [6, 6.07) is 14.5. The topological polar surface area (TPSA) is 76.1 Å². The predicted octanol–water partition coefficient (Wildman–Crippen LogP) is 4.99. The van der Waals surface area contributed by atoms with E-state index in [0.717, 1.165) is 5.56 Å². The fourth-order valence-corrected chi connectivity index (χ4v) is 3.82. The van der Waals surface area contributed by atoms with E-state index in [2.05, 4.69) is 0 Å². The Balaban J connectivity index is 1.98. The molecule has 6 heteroatoms. The molecule has 3 rings (SSSR count). The maximum Gasteiger partial charge on any atom is 0.290 e. The first kappa shape index (κ1) is 23.4. The van der Waals surface area contributed by atoms with E-state index in [0.29, 0.717) is 36.6 Å². The molecule has 170 valence electrons. The van der Waals surface area contributed by atoms with Crippen molar-refractivity contribution in [3.05, 3.63) is 71.0 Å². The lowest BCUT2D eigenvalue weighted by atomic mass is 9.82. The highest BCUT2D eigenvalue weighted by atomic mass is 16.5. The summed E-state index contributed by atoms with van der Waals surface area (Å²) in [5.41, 5.74) is 1.11. The maximum atomic E-state index is 13.2. The van der Waals surface area contributed by atoms with Crippen LogP contribution in [0.1, 0.15) is 51.3 Å². The second kappa shape index (κ2) is 9.47. The Labute approximate surface area is 189 Å². The Bertz CT molecular complexity index is 1020. The number of Topliss-reactive ketones (excluding diaryl/α,β-unsaturated/α-hetero) is 1. The summed E-state index contributed by atoms with van der Waals surface area (Å²) >= 11 is 0. The summed E-state index contributed by atoms with van der Waals surface area (Å²) in [5.74, 6) is -0.186. The lowest BCUT2D eigenvalue weighted by Crippen LogP contribution is -2.33. The molecule has 1 unspecified atom stereocenters. The summed E-state index contributed by atoms with van der Waals surface area (Å²) in [6.07, 6.45) is 0.696. The van der Waals surface area contributed by atoms with Crippen molar-refractivity contribution in [2.24, 2.45) is 5.41 Å². The number of aliphatic hydroxyl groups is 1. The van der Waals surface area contributed by atoms with Crippen LogP contribution in [0.3, 0.4) is 0 Å². The minimum absolute atomic E-state index is 0.135. The van der Waals surface area contributed by atoms with E-state index in [1.165, 1.54) is 0 Å². The molecule has 1 aliphatic heterocycles. The summed E-state index contributed by atoms with van der Waals surface area (Å²) in [7, 11) is 1.55. The number of ketones is 1. The molecule has 0 aliphatic carbocycles. The molecule has 32 heavy (non-hydrogen) atoms. The highest BCUT2D eigenvalue weighted by molar-refractivity contribution is 6.10. The van der Waals surface area contributed by atoms with Gasteiger partial charge in [0.1, 0.15) is 6.61 Å². The second-order valence-corrected chi connectivity index (χ2v) is 8.93. The molecule has 6 nitrogen and oxygen atoms in total. The van der Waals surface area contributed by atoms with Gasteiger partial charge in [-0.2, -0.15) is 0 Å². The van der Waals surface area contributed by atoms with Gasteiger partial charge in [-0.3, -0.25) is 9.59 Å². The minimum atomic E-state index is -0.743. The van der Waals surface area contributed by atoms with Gasteiger partial charge in [-0.1, -0.05) is 64.1 Å². The van der Waals surface area contributed by atoms with Gasteiger partial charge in [-0.25, -0.2) is 0 Å². The van der Waals surface area contributed by atoms with Crippen molar-refractivity contribution in [1.82, 2.24) is 4.90 Å². The Morgan fingerprint density at radius 1 is 1.09 bits per heavy atom.